The van der Waals surface area contributed by atoms with E-state index in [2.05, 4.69) is 36.9 Å². The molecule has 0 unspecified atom stereocenters. The Hall–Kier alpha value is -3.86. The first-order valence-corrected chi connectivity index (χ1v) is 12.1. The molecule has 2 aromatic carbocycles. The molecule has 11 nitrogen and oxygen atoms in total. The fraction of sp³-hybridized carbons (Fsp3) is 0.440. The van der Waals surface area contributed by atoms with Crippen LogP contribution >= 0.6 is 0 Å². The van der Waals surface area contributed by atoms with Gasteiger partial charge in [-0.15, -0.1) is 10.2 Å². The van der Waals surface area contributed by atoms with E-state index in [0.29, 0.717) is 30.4 Å². The third-order valence-electron chi connectivity index (χ3n) is 6.52. The van der Waals surface area contributed by atoms with Gasteiger partial charge in [-0.3, -0.25) is 9.69 Å². The lowest BCUT2D eigenvalue weighted by molar-refractivity contribution is -0.122. The molecule has 1 amide bonds. The molecule has 0 saturated carbocycles. The van der Waals surface area contributed by atoms with Gasteiger partial charge < -0.3 is 24.3 Å². The molecule has 5 rings (SSSR count). The molecule has 190 valence electrons. The second-order valence-corrected chi connectivity index (χ2v) is 8.86. The maximum Gasteiger partial charge on any atom is 0.234 e. The fourth-order valence-electron chi connectivity index (χ4n) is 4.74. The number of tetrazole rings is 1. The highest BCUT2D eigenvalue weighted by Gasteiger charge is 2.37. The van der Waals surface area contributed by atoms with Crippen LogP contribution in [0.3, 0.4) is 0 Å². The van der Waals surface area contributed by atoms with E-state index in [9.17, 15) is 4.79 Å². The Morgan fingerprint density at radius 3 is 2.92 bits per heavy atom. The lowest BCUT2D eigenvalue weighted by atomic mass is 9.93. The average Bonchev–Trinajstić information content (AvgIpc) is 3.67. The molecule has 2 aliphatic rings. The third-order valence-corrected chi connectivity index (χ3v) is 6.52. The van der Waals surface area contributed by atoms with Crippen LogP contribution in [0, 0.1) is 0 Å². The molecule has 3 aromatic rings. The van der Waals surface area contributed by atoms with E-state index in [1.54, 1.807) is 7.11 Å². The van der Waals surface area contributed by atoms with Crippen LogP contribution < -0.4 is 24.3 Å². The Morgan fingerprint density at radius 2 is 2.11 bits per heavy atom. The monoisotopic (exact) mass is 494 g/mol. The first-order chi connectivity index (χ1) is 17.6. The first-order valence-electron chi connectivity index (χ1n) is 12.1. The predicted molar refractivity (Wildman–Crippen MR) is 129 cm³/mol. The molecule has 2 atom stereocenters. The minimum absolute atomic E-state index is 0.0102. The van der Waals surface area contributed by atoms with E-state index in [0.717, 1.165) is 42.0 Å². The molecule has 2 N–H and O–H groups in total. The van der Waals surface area contributed by atoms with Gasteiger partial charge in [0.15, 0.2) is 18.1 Å². The van der Waals surface area contributed by atoms with E-state index in [4.69, 9.17) is 18.9 Å². The van der Waals surface area contributed by atoms with Gasteiger partial charge in [-0.2, -0.15) is 5.21 Å². The Labute approximate surface area is 209 Å². The minimum atomic E-state index is -0.0426. The number of amides is 1. The normalized spacial score (nSPS) is 18.8. The van der Waals surface area contributed by atoms with Gasteiger partial charge in [-0.25, -0.2) is 0 Å². The van der Waals surface area contributed by atoms with Crippen molar-refractivity contribution in [3.63, 3.8) is 0 Å². The number of aromatic nitrogens is 4. The van der Waals surface area contributed by atoms with Crippen molar-refractivity contribution in [1.29, 1.82) is 0 Å². The van der Waals surface area contributed by atoms with Gasteiger partial charge in [0, 0.05) is 30.8 Å². The Kier molecular flexibility index (Phi) is 7.17. The number of carbonyl (C=O) groups excluding carboxylic acids is 1. The second kappa shape index (κ2) is 10.8. The molecule has 1 fully saturated rings. The summed E-state index contributed by atoms with van der Waals surface area (Å²) in [5.74, 6) is 3.53. The third kappa shape index (κ3) is 5.20. The Balaban J connectivity index is 1.43. The highest BCUT2D eigenvalue weighted by atomic mass is 16.7. The van der Waals surface area contributed by atoms with E-state index in [1.165, 1.54) is 0 Å². The van der Waals surface area contributed by atoms with Gasteiger partial charge >= 0.3 is 0 Å². The maximum absolute atomic E-state index is 12.7. The average molecular weight is 495 g/mol. The van der Waals surface area contributed by atoms with Crippen molar-refractivity contribution in [2.75, 3.05) is 33.5 Å². The van der Waals surface area contributed by atoms with Gasteiger partial charge in [0.1, 0.15) is 11.5 Å². The van der Waals surface area contributed by atoms with Crippen molar-refractivity contribution in [2.45, 2.75) is 38.3 Å². The van der Waals surface area contributed by atoms with Crippen LogP contribution in [0.25, 0.3) is 0 Å². The summed E-state index contributed by atoms with van der Waals surface area (Å²) in [4.78, 5) is 14.9. The van der Waals surface area contributed by atoms with Crippen LogP contribution in [-0.4, -0.2) is 65.0 Å². The number of aromatic amines is 1. The fourth-order valence-corrected chi connectivity index (χ4v) is 4.74. The number of nitrogens with one attached hydrogen (secondary N) is 2. The molecular formula is C25H30N6O5. The number of hydrogen-bond acceptors (Lipinski definition) is 9. The Bertz CT molecular complexity index is 1190. The number of H-pyrrole nitrogens is 1. The molecule has 1 aromatic heterocycles. The van der Waals surface area contributed by atoms with Gasteiger partial charge in [0.05, 0.1) is 13.7 Å². The lowest BCUT2D eigenvalue weighted by Gasteiger charge is -2.26. The SMILES string of the molecule is CCCNC(=O)CN1C[C@@H](c2ccc3c(c2)OCO3)C[C@@H]1c1ccc(OC)cc1OCc1nn[nH]n1. The van der Waals surface area contributed by atoms with Gasteiger partial charge in [-0.1, -0.05) is 24.3 Å². The van der Waals surface area contributed by atoms with Crippen molar-refractivity contribution < 1.29 is 23.7 Å². The molecule has 36 heavy (non-hydrogen) atoms. The van der Waals surface area contributed by atoms with Crippen molar-refractivity contribution in [2.24, 2.45) is 0 Å². The molecule has 1 saturated heterocycles. The highest BCUT2D eigenvalue weighted by Crippen LogP contribution is 2.46. The van der Waals surface area contributed by atoms with Crippen molar-refractivity contribution in [1.82, 2.24) is 30.8 Å². The number of benzene rings is 2. The number of rotatable bonds is 10. The molecule has 2 aliphatic heterocycles. The van der Waals surface area contributed by atoms with Gasteiger partial charge in [0.2, 0.25) is 18.5 Å². The zero-order chi connectivity index (χ0) is 24.9. The summed E-state index contributed by atoms with van der Waals surface area (Å²) < 4.78 is 22.7. The summed E-state index contributed by atoms with van der Waals surface area (Å²) >= 11 is 0. The zero-order valence-electron chi connectivity index (χ0n) is 20.4. The van der Waals surface area contributed by atoms with Crippen LogP contribution in [0.4, 0.5) is 0 Å². The summed E-state index contributed by atoms with van der Waals surface area (Å²) in [7, 11) is 1.62. The lowest BCUT2D eigenvalue weighted by Crippen LogP contribution is -2.37. The van der Waals surface area contributed by atoms with Gasteiger partial charge in [-0.05, 0) is 42.5 Å². The van der Waals surface area contributed by atoms with Crippen LogP contribution in [-0.2, 0) is 11.4 Å². The predicted octanol–water partition coefficient (Wildman–Crippen LogP) is 2.57. The van der Waals surface area contributed by atoms with Crippen LogP contribution in [0.2, 0.25) is 0 Å². The van der Waals surface area contributed by atoms with Crippen molar-refractivity contribution in [3.05, 3.63) is 53.3 Å². The topological polar surface area (TPSA) is 124 Å². The minimum Gasteiger partial charge on any atom is -0.497 e. The number of methoxy groups -OCH3 is 1. The summed E-state index contributed by atoms with van der Waals surface area (Å²) in [6.07, 6.45) is 1.70. The molecule has 3 heterocycles. The van der Waals surface area contributed by atoms with Crippen molar-refractivity contribution >= 4 is 5.91 Å². The number of hydrogen-bond donors (Lipinski definition) is 2. The maximum atomic E-state index is 12.7. The first kappa shape index (κ1) is 23.9. The van der Waals surface area contributed by atoms with Crippen LogP contribution in [0.5, 0.6) is 23.0 Å². The number of likely N-dealkylation sites (tertiary alicyclic amines) is 1. The highest BCUT2D eigenvalue weighted by molar-refractivity contribution is 5.78. The number of carbonyl (C=O) groups is 1. The molecule has 0 bridgehead atoms. The number of ether oxygens (including phenoxy) is 4. The largest absolute Gasteiger partial charge is 0.497 e. The summed E-state index contributed by atoms with van der Waals surface area (Å²) in [6, 6.07) is 11.8. The summed E-state index contributed by atoms with van der Waals surface area (Å²) in [5.41, 5.74) is 2.13. The van der Waals surface area contributed by atoms with E-state index >= 15 is 0 Å². The molecular weight excluding hydrogens is 464 g/mol. The molecule has 0 spiro atoms. The molecule has 11 heteroatoms. The summed E-state index contributed by atoms with van der Waals surface area (Å²) in [5, 5.41) is 17.0. The van der Waals surface area contributed by atoms with Crippen LogP contribution in [0.1, 0.15) is 48.7 Å². The Morgan fingerprint density at radius 1 is 1.22 bits per heavy atom. The van der Waals surface area contributed by atoms with E-state index < -0.39 is 0 Å². The van der Waals surface area contributed by atoms with E-state index in [-0.39, 0.29) is 31.3 Å². The van der Waals surface area contributed by atoms with Crippen LogP contribution in [0.15, 0.2) is 36.4 Å². The van der Waals surface area contributed by atoms with Crippen molar-refractivity contribution in [3.8, 4) is 23.0 Å². The molecule has 0 radical (unpaired) electrons. The number of nitrogens with zero attached hydrogens (tertiary/aromatic N) is 4. The standard InChI is InChI=1S/C25H30N6O5/c1-3-8-26-25(32)13-31-12-17(16-4-7-21-23(10-16)36-15-35-21)9-20(31)19-6-5-18(33-2)11-22(19)34-14-24-27-29-30-28-24/h4-7,10-11,17,20H,3,8-9,12-15H2,1-2H3,(H,26,32)(H,27,28,29,30)/t17-,20+/m0/s1. The quantitative estimate of drug-likeness (QED) is 0.438. The molecule has 0 aliphatic carbocycles. The second-order valence-electron chi connectivity index (χ2n) is 8.86. The summed E-state index contributed by atoms with van der Waals surface area (Å²) in [6.45, 7) is 4.11. The zero-order valence-corrected chi connectivity index (χ0v) is 20.4. The van der Waals surface area contributed by atoms with E-state index in [1.807, 2.05) is 37.3 Å². The van der Waals surface area contributed by atoms with Gasteiger partial charge in [0.25, 0.3) is 0 Å². The smallest absolute Gasteiger partial charge is 0.234 e. The number of fused-ring (bicyclic) bond motifs is 1.